The summed E-state index contributed by atoms with van der Waals surface area (Å²) in [6.07, 6.45) is 0. The minimum Gasteiger partial charge on any atom is -0.111 e. The maximum absolute atomic E-state index is 2.25. The minimum atomic E-state index is 0.556. The number of aryl methyl sites for hydroxylation is 3. The van der Waals surface area contributed by atoms with Gasteiger partial charge in [0.25, 0.3) is 0 Å². The molecule has 0 spiro atoms. The van der Waals surface area contributed by atoms with Gasteiger partial charge in [-0.25, -0.2) is 0 Å². The van der Waals surface area contributed by atoms with Crippen molar-refractivity contribution >= 4 is 39.7 Å². The SMILES string of the molecule is Cc1ccccc1SC1C(=[S+]c2ccccc2C)C1Sc1ccccc1C. The van der Waals surface area contributed by atoms with Gasteiger partial charge in [0, 0.05) is 21.4 Å². The topological polar surface area (TPSA) is 0 Å². The zero-order valence-corrected chi connectivity index (χ0v) is 18.3. The van der Waals surface area contributed by atoms with Gasteiger partial charge in [-0.05, 0) is 44.0 Å². The lowest BCUT2D eigenvalue weighted by Gasteiger charge is -2.04. The molecule has 0 nitrogen and oxygen atoms in total. The Labute approximate surface area is 174 Å². The highest BCUT2D eigenvalue weighted by molar-refractivity contribution is 8.08. The van der Waals surface area contributed by atoms with Gasteiger partial charge >= 0.3 is 0 Å². The molecule has 2 atom stereocenters. The van der Waals surface area contributed by atoms with Gasteiger partial charge < -0.3 is 0 Å². The molecule has 2 unspecified atom stereocenters. The van der Waals surface area contributed by atoms with Gasteiger partial charge in [-0.1, -0.05) is 54.6 Å². The molecule has 4 rings (SSSR count). The van der Waals surface area contributed by atoms with Crippen LogP contribution in [0.25, 0.3) is 0 Å². The van der Waals surface area contributed by atoms with E-state index in [-0.39, 0.29) is 0 Å². The van der Waals surface area contributed by atoms with E-state index < -0.39 is 0 Å². The first-order valence-corrected chi connectivity index (χ1v) is 11.8. The lowest BCUT2D eigenvalue weighted by molar-refractivity contribution is 1.29. The third-order valence-electron chi connectivity index (χ3n) is 4.74. The van der Waals surface area contributed by atoms with E-state index in [1.165, 1.54) is 31.4 Å². The average Bonchev–Trinajstić information content (AvgIpc) is 3.31. The molecule has 0 aliphatic heterocycles. The largest absolute Gasteiger partial charge is 0.233 e. The third-order valence-corrected chi connectivity index (χ3v) is 9.62. The van der Waals surface area contributed by atoms with Gasteiger partial charge in [0.05, 0.1) is 0 Å². The second kappa shape index (κ2) is 8.22. The smallest absolute Gasteiger partial charge is 0.111 e. The number of hydrogen-bond acceptors (Lipinski definition) is 2. The maximum atomic E-state index is 2.25. The monoisotopic (exact) mass is 407 g/mol. The fourth-order valence-corrected chi connectivity index (χ4v) is 7.51. The van der Waals surface area contributed by atoms with Crippen LogP contribution in [0, 0.1) is 20.8 Å². The summed E-state index contributed by atoms with van der Waals surface area (Å²) in [4.78, 5) is 5.78. The van der Waals surface area contributed by atoms with Crippen molar-refractivity contribution < 1.29 is 0 Å². The highest BCUT2D eigenvalue weighted by atomic mass is 32.2. The van der Waals surface area contributed by atoms with Crippen molar-refractivity contribution in [1.82, 2.24) is 0 Å². The van der Waals surface area contributed by atoms with E-state index in [1.54, 1.807) is 4.86 Å². The summed E-state index contributed by atoms with van der Waals surface area (Å²) in [5, 5.41) is 1.11. The van der Waals surface area contributed by atoms with Crippen LogP contribution < -0.4 is 0 Å². The van der Waals surface area contributed by atoms with Gasteiger partial charge in [0.2, 0.25) is 21.1 Å². The molecule has 0 heterocycles. The maximum Gasteiger partial charge on any atom is 0.233 e. The van der Waals surface area contributed by atoms with Crippen molar-refractivity contribution in [3.05, 3.63) is 89.5 Å². The summed E-state index contributed by atoms with van der Waals surface area (Å²) in [5.41, 5.74) is 4.10. The molecule has 1 aliphatic rings. The van der Waals surface area contributed by atoms with E-state index in [9.17, 15) is 0 Å². The van der Waals surface area contributed by atoms with Gasteiger partial charge in [-0.3, -0.25) is 0 Å². The molecule has 0 amide bonds. The van der Waals surface area contributed by atoms with E-state index in [2.05, 4.69) is 93.6 Å². The normalized spacial score (nSPS) is 18.4. The van der Waals surface area contributed by atoms with Crippen LogP contribution in [0.1, 0.15) is 16.7 Å². The molecule has 0 aromatic heterocycles. The Hall–Kier alpha value is -1.55. The minimum absolute atomic E-state index is 0.556. The zero-order chi connectivity index (χ0) is 18.8. The Bertz CT molecular complexity index is 935. The molecule has 1 saturated carbocycles. The first-order chi connectivity index (χ1) is 13.1. The lowest BCUT2D eigenvalue weighted by atomic mass is 10.2. The first-order valence-electron chi connectivity index (χ1n) is 9.18. The zero-order valence-electron chi connectivity index (χ0n) is 15.8. The Morgan fingerprint density at radius 2 is 1.04 bits per heavy atom. The van der Waals surface area contributed by atoms with Crippen molar-refractivity contribution in [3.63, 3.8) is 0 Å². The molecular formula is C24H23S3+. The second-order valence-electron chi connectivity index (χ2n) is 6.88. The van der Waals surface area contributed by atoms with Gasteiger partial charge in [-0.2, -0.15) is 0 Å². The van der Waals surface area contributed by atoms with Crippen molar-refractivity contribution in [2.24, 2.45) is 0 Å². The molecule has 0 bridgehead atoms. The van der Waals surface area contributed by atoms with Crippen LogP contribution in [-0.4, -0.2) is 15.4 Å². The molecule has 3 heteroatoms. The van der Waals surface area contributed by atoms with Crippen LogP contribution in [0.15, 0.2) is 87.5 Å². The number of benzene rings is 3. The van der Waals surface area contributed by atoms with Crippen molar-refractivity contribution in [1.29, 1.82) is 0 Å². The first kappa shape index (κ1) is 18.8. The molecule has 27 heavy (non-hydrogen) atoms. The Morgan fingerprint density at radius 1 is 0.593 bits per heavy atom. The standard InChI is InChI=1S/C24H23S3/c1-16-10-4-7-13-19(16)25-22-23(26-20-14-8-5-11-17(20)2)24(22)27-21-15-9-6-12-18(21)3/h4-15,22-23H,1-3H3/q+1. The van der Waals surface area contributed by atoms with Gasteiger partial charge in [0.1, 0.15) is 10.5 Å². The fourth-order valence-electron chi connectivity index (χ4n) is 3.00. The number of thioether (sulfide) groups is 2. The lowest BCUT2D eigenvalue weighted by Crippen LogP contribution is -1.87. The van der Waals surface area contributed by atoms with Crippen LogP contribution in [0.5, 0.6) is 0 Å². The second-order valence-corrected chi connectivity index (χ2v) is 10.4. The summed E-state index contributed by atoms with van der Waals surface area (Å²) in [6.45, 7) is 6.63. The highest BCUT2D eigenvalue weighted by Gasteiger charge is 2.56. The summed E-state index contributed by atoms with van der Waals surface area (Å²) < 4.78 is 0. The van der Waals surface area contributed by atoms with Crippen molar-refractivity contribution in [2.75, 3.05) is 0 Å². The molecule has 0 N–H and O–H groups in total. The van der Waals surface area contributed by atoms with E-state index >= 15 is 0 Å². The number of rotatable bonds is 5. The molecule has 136 valence electrons. The average molecular weight is 408 g/mol. The summed E-state index contributed by atoms with van der Waals surface area (Å²) >= 11 is 6.03. The van der Waals surface area contributed by atoms with E-state index in [1.807, 2.05) is 34.9 Å². The van der Waals surface area contributed by atoms with E-state index in [0.29, 0.717) is 10.5 Å². The molecule has 0 radical (unpaired) electrons. The van der Waals surface area contributed by atoms with Crippen molar-refractivity contribution in [3.8, 4) is 0 Å². The predicted octanol–water partition coefficient (Wildman–Crippen LogP) is 6.56. The Kier molecular flexibility index (Phi) is 5.72. The Morgan fingerprint density at radius 3 is 1.52 bits per heavy atom. The molecule has 1 aliphatic carbocycles. The van der Waals surface area contributed by atoms with E-state index in [4.69, 9.17) is 0 Å². The van der Waals surface area contributed by atoms with Crippen molar-refractivity contribution in [2.45, 2.75) is 46.0 Å². The fraction of sp³-hybridized carbons (Fsp3) is 0.208. The third kappa shape index (κ3) is 4.31. The van der Waals surface area contributed by atoms with Crippen LogP contribution in [0.3, 0.4) is 0 Å². The molecule has 3 aromatic rings. The summed E-state index contributed by atoms with van der Waals surface area (Å²) in [6, 6.07) is 26.2. The van der Waals surface area contributed by atoms with Crippen LogP contribution in [0.2, 0.25) is 0 Å². The van der Waals surface area contributed by atoms with Crippen LogP contribution in [-0.2, 0) is 11.4 Å². The Balaban J connectivity index is 1.63. The summed E-state index contributed by atoms with van der Waals surface area (Å²) in [5.74, 6) is 0. The molecule has 0 saturated heterocycles. The molecule has 1 fully saturated rings. The molecule has 3 aromatic carbocycles. The highest BCUT2D eigenvalue weighted by Crippen LogP contribution is 2.48. The number of hydrogen-bond donors (Lipinski definition) is 0. The van der Waals surface area contributed by atoms with Crippen LogP contribution in [0.4, 0.5) is 0 Å². The summed E-state index contributed by atoms with van der Waals surface area (Å²) in [7, 11) is 0. The predicted molar refractivity (Wildman–Crippen MR) is 123 cm³/mol. The quantitative estimate of drug-likeness (QED) is 0.347. The van der Waals surface area contributed by atoms with Crippen LogP contribution >= 0.6 is 23.5 Å². The van der Waals surface area contributed by atoms with E-state index in [0.717, 1.165) is 0 Å². The molecular weight excluding hydrogens is 384 g/mol. The van der Waals surface area contributed by atoms with Gasteiger partial charge in [-0.15, -0.1) is 23.5 Å². The van der Waals surface area contributed by atoms with Gasteiger partial charge in [0.15, 0.2) is 0 Å².